The van der Waals surface area contributed by atoms with Gasteiger partial charge in [0.1, 0.15) is 6.04 Å². The molecule has 0 aromatic heterocycles. The van der Waals surface area contributed by atoms with Gasteiger partial charge in [0.2, 0.25) is 0 Å². The van der Waals surface area contributed by atoms with Gasteiger partial charge in [-0.15, -0.1) is 0 Å². The highest BCUT2D eigenvalue weighted by Gasteiger charge is 2.24. The van der Waals surface area contributed by atoms with Gasteiger partial charge in [-0.05, 0) is 6.42 Å². The molecular weight excluding hydrogens is 146 g/mol. The predicted octanol–water partition coefficient (Wildman–Crippen LogP) is -0.257. The van der Waals surface area contributed by atoms with Gasteiger partial charge >= 0.3 is 5.97 Å². The van der Waals surface area contributed by atoms with E-state index in [0.29, 0.717) is 13.0 Å². The van der Waals surface area contributed by atoms with E-state index in [1.165, 1.54) is 0 Å². The average molecular weight is 157 g/mol. The highest BCUT2D eigenvalue weighted by Crippen LogP contribution is 2.08. The Labute approximate surface area is 64.6 Å². The first-order valence-electron chi connectivity index (χ1n) is 3.47. The average Bonchev–Trinajstić information content (AvgIpc) is 2.05. The molecule has 0 aromatic rings. The molecule has 0 saturated heterocycles. The summed E-state index contributed by atoms with van der Waals surface area (Å²) in [7, 11) is 0. The van der Waals surface area contributed by atoms with Crippen LogP contribution in [0.3, 0.4) is 0 Å². The first-order chi connectivity index (χ1) is 5.22. The van der Waals surface area contributed by atoms with Crippen molar-refractivity contribution in [3.8, 4) is 0 Å². The topological polar surface area (TPSA) is 72.6 Å². The number of nitrogens with two attached hydrogens (primary N) is 1. The molecule has 0 bridgehead atoms. The molecule has 0 unspecified atom stereocenters. The molecule has 4 nitrogen and oxygen atoms in total. The van der Waals surface area contributed by atoms with Gasteiger partial charge in [0.25, 0.3) is 0 Å². The summed E-state index contributed by atoms with van der Waals surface area (Å²) in [5.41, 5.74) is 5.33. The Balaban J connectivity index is 2.46. The third-order valence-corrected chi connectivity index (χ3v) is 1.63. The second-order valence-corrected chi connectivity index (χ2v) is 2.44. The molecule has 1 aliphatic heterocycles. The summed E-state index contributed by atoms with van der Waals surface area (Å²) in [6.07, 6.45) is 3.97. The Morgan fingerprint density at radius 2 is 2.45 bits per heavy atom. The number of aliphatic carboxylic acids is 1. The fourth-order valence-electron chi connectivity index (χ4n) is 0.955. The Morgan fingerprint density at radius 3 is 2.91 bits per heavy atom. The smallest absolute Gasteiger partial charge is 0.323 e. The number of carboxylic acid groups (broad SMARTS) is 1. The first-order valence-corrected chi connectivity index (χ1v) is 3.47. The van der Waals surface area contributed by atoms with Crippen molar-refractivity contribution in [2.75, 3.05) is 6.61 Å². The van der Waals surface area contributed by atoms with Gasteiger partial charge in [-0.3, -0.25) is 4.79 Å². The van der Waals surface area contributed by atoms with Gasteiger partial charge in [0.15, 0.2) is 0 Å². The molecule has 2 atom stereocenters. The van der Waals surface area contributed by atoms with Gasteiger partial charge in [-0.2, -0.15) is 0 Å². The van der Waals surface area contributed by atoms with E-state index < -0.39 is 12.0 Å². The van der Waals surface area contributed by atoms with Gasteiger partial charge in [0, 0.05) is 0 Å². The standard InChI is InChI=1S/C7H11NO3/c8-6(7(9)10)5-3-1-2-4-11-5/h1-2,5-6H,3-4,8H2,(H,9,10)/t5-,6+/m1/s1. The van der Waals surface area contributed by atoms with E-state index in [2.05, 4.69) is 0 Å². The van der Waals surface area contributed by atoms with E-state index in [1.54, 1.807) is 0 Å². The lowest BCUT2D eigenvalue weighted by atomic mass is 10.1. The molecule has 4 heteroatoms. The van der Waals surface area contributed by atoms with Crippen LogP contribution in [0.1, 0.15) is 6.42 Å². The number of hydrogen-bond donors (Lipinski definition) is 2. The lowest BCUT2D eigenvalue weighted by Crippen LogP contribution is -2.43. The van der Waals surface area contributed by atoms with Crippen LogP contribution in [-0.4, -0.2) is 29.8 Å². The molecule has 11 heavy (non-hydrogen) atoms. The minimum Gasteiger partial charge on any atom is -0.480 e. The summed E-state index contributed by atoms with van der Waals surface area (Å²) < 4.78 is 5.11. The number of rotatable bonds is 2. The van der Waals surface area contributed by atoms with E-state index in [1.807, 2.05) is 12.2 Å². The molecule has 0 fully saturated rings. The Kier molecular flexibility index (Phi) is 2.62. The van der Waals surface area contributed by atoms with E-state index in [0.717, 1.165) is 0 Å². The first kappa shape index (κ1) is 8.23. The van der Waals surface area contributed by atoms with Crippen LogP contribution in [-0.2, 0) is 9.53 Å². The van der Waals surface area contributed by atoms with Crippen molar-refractivity contribution in [3.63, 3.8) is 0 Å². The molecule has 1 heterocycles. The number of carbonyl (C=O) groups is 1. The lowest BCUT2D eigenvalue weighted by molar-refractivity contribution is -0.142. The molecule has 62 valence electrons. The number of hydrogen-bond acceptors (Lipinski definition) is 3. The quantitative estimate of drug-likeness (QED) is 0.542. The largest absolute Gasteiger partial charge is 0.480 e. The molecule has 3 N–H and O–H groups in total. The van der Waals surface area contributed by atoms with Crippen LogP contribution in [0.4, 0.5) is 0 Å². The highest BCUT2D eigenvalue weighted by molar-refractivity contribution is 5.74. The Bertz CT molecular complexity index is 179. The van der Waals surface area contributed by atoms with Crippen molar-refractivity contribution >= 4 is 5.97 Å². The number of ether oxygens (including phenoxy) is 1. The molecule has 0 amide bonds. The van der Waals surface area contributed by atoms with Crippen LogP contribution < -0.4 is 5.73 Å². The fraction of sp³-hybridized carbons (Fsp3) is 0.571. The second kappa shape index (κ2) is 3.50. The summed E-state index contributed by atoms with van der Waals surface area (Å²) >= 11 is 0. The van der Waals surface area contributed by atoms with Crippen molar-refractivity contribution in [2.24, 2.45) is 5.73 Å². The van der Waals surface area contributed by atoms with Crippen LogP contribution in [0.25, 0.3) is 0 Å². The van der Waals surface area contributed by atoms with Gasteiger partial charge in [-0.1, -0.05) is 12.2 Å². The molecule has 0 saturated carbocycles. The Hall–Kier alpha value is -0.870. The zero-order valence-electron chi connectivity index (χ0n) is 6.06. The van der Waals surface area contributed by atoms with Gasteiger partial charge < -0.3 is 15.6 Å². The summed E-state index contributed by atoms with van der Waals surface area (Å²) in [6.45, 7) is 0.464. The van der Waals surface area contributed by atoms with E-state index in [-0.39, 0.29) is 6.10 Å². The van der Waals surface area contributed by atoms with Crippen LogP contribution >= 0.6 is 0 Å². The third-order valence-electron chi connectivity index (χ3n) is 1.63. The second-order valence-electron chi connectivity index (χ2n) is 2.44. The SMILES string of the molecule is N[C@H](C(=O)O)[C@H]1CC=CCO1. The zero-order chi connectivity index (χ0) is 8.27. The maximum Gasteiger partial charge on any atom is 0.323 e. The maximum absolute atomic E-state index is 10.4. The van der Waals surface area contributed by atoms with Crippen molar-refractivity contribution in [3.05, 3.63) is 12.2 Å². The maximum atomic E-state index is 10.4. The molecular formula is C7H11NO3. The highest BCUT2D eigenvalue weighted by atomic mass is 16.5. The molecule has 0 aliphatic carbocycles. The summed E-state index contributed by atoms with van der Waals surface area (Å²) in [6, 6.07) is -0.903. The summed E-state index contributed by atoms with van der Waals surface area (Å²) in [5, 5.41) is 8.51. The van der Waals surface area contributed by atoms with Crippen molar-refractivity contribution in [2.45, 2.75) is 18.6 Å². The molecule has 1 aliphatic rings. The third kappa shape index (κ3) is 2.03. The Morgan fingerprint density at radius 1 is 1.73 bits per heavy atom. The van der Waals surface area contributed by atoms with Crippen molar-refractivity contribution in [1.29, 1.82) is 0 Å². The van der Waals surface area contributed by atoms with E-state index in [9.17, 15) is 4.79 Å². The van der Waals surface area contributed by atoms with E-state index in [4.69, 9.17) is 15.6 Å². The number of carboxylic acids is 1. The zero-order valence-corrected chi connectivity index (χ0v) is 6.06. The van der Waals surface area contributed by atoms with Crippen LogP contribution in [0.5, 0.6) is 0 Å². The van der Waals surface area contributed by atoms with Crippen LogP contribution in [0.15, 0.2) is 12.2 Å². The molecule has 0 radical (unpaired) electrons. The predicted molar refractivity (Wildman–Crippen MR) is 39.1 cm³/mol. The van der Waals surface area contributed by atoms with Gasteiger partial charge in [0.05, 0.1) is 12.7 Å². The van der Waals surface area contributed by atoms with Gasteiger partial charge in [-0.25, -0.2) is 0 Å². The molecule has 0 aromatic carbocycles. The van der Waals surface area contributed by atoms with E-state index >= 15 is 0 Å². The summed E-state index contributed by atoms with van der Waals surface area (Å²) in [5.74, 6) is -1.01. The monoisotopic (exact) mass is 157 g/mol. The molecule has 0 spiro atoms. The minimum absolute atomic E-state index is 0.363. The van der Waals surface area contributed by atoms with Crippen LogP contribution in [0, 0.1) is 0 Å². The fourth-order valence-corrected chi connectivity index (χ4v) is 0.955. The van der Waals surface area contributed by atoms with Crippen molar-refractivity contribution in [1.82, 2.24) is 0 Å². The lowest BCUT2D eigenvalue weighted by Gasteiger charge is -2.21. The summed E-state index contributed by atoms with van der Waals surface area (Å²) in [4.78, 5) is 10.4. The normalized spacial score (nSPS) is 26.5. The van der Waals surface area contributed by atoms with Crippen molar-refractivity contribution < 1.29 is 14.6 Å². The minimum atomic E-state index is -1.01. The van der Waals surface area contributed by atoms with Crippen LogP contribution in [0.2, 0.25) is 0 Å². The molecule has 1 rings (SSSR count).